The summed E-state index contributed by atoms with van der Waals surface area (Å²) in [4.78, 5) is 59.2. The first-order chi connectivity index (χ1) is 26.1. The van der Waals surface area contributed by atoms with Gasteiger partial charge in [0.2, 0.25) is 11.8 Å². The third-order valence-corrected chi connectivity index (χ3v) is 13.4. The monoisotopic (exact) mass is 750 g/mol. The van der Waals surface area contributed by atoms with Crippen molar-refractivity contribution in [3.8, 4) is 22.6 Å². The Balaban J connectivity index is 0.768. The summed E-state index contributed by atoms with van der Waals surface area (Å²) in [6.07, 6.45) is 4.90. The minimum atomic E-state index is -0.588. The molecule has 9 rings (SSSR count). The zero-order valence-electron chi connectivity index (χ0n) is 31.1. The Hall–Kier alpha value is -4.72. The summed E-state index contributed by atoms with van der Waals surface area (Å²) in [5, 5.41) is 5.07. The standard InChI is InChI=1S/C41H46N6O6S/c1-43-21-31(37-29(39(43)50)8-13-54-37)27-14-34(52-2)32(35(15-27)53-3)22-45-18-25(19-45)17-44-11-9-41(10-12-44)23-46(24-41)28-5-4-26-20-47(40(51)30(26)16-28)33-6-7-36(48)42-38(33)49/h4-5,8,13-16,21,25,33H,6-7,9-12,17-20,22-24H2,1-3H3,(H,42,48,49). The molecule has 0 bridgehead atoms. The maximum atomic E-state index is 13.3. The molecule has 0 radical (unpaired) electrons. The Kier molecular flexibility index (Phi) is 8.78. The van der Waals surface area contributed by atoms with E-state index in [1.807, 2.05) is 29.8 Å². The number of thiophene rings is 1. The van der Waals surface area contributed by atoms with Gasteiger partial charge in [-0.05, 0) is 85.1 Å². The summed E-state index contributed by atoms with van der Waals surface area (Å²) in [5.74, 6) is 1.46. The minimum Gasteiger partial charge on any atom is -0.496 e. The predicted molar refractivity (Wildman–Crippen MR) is 207 cm³/mol. The number of anilines is 1. The number of methoxy groups -OCH3 is 2. The van der Waals surface area contributed by atoms with E-state index in [9.17, 15) is 19.2 Å². The van der Waals surface area contributed by atoms with Crippen molar-refractivity contribution >= 4 is 44.8 Å². The normalized spacial score (nSPS) is 21.7. The van der Waals surface area contributed by atoms with E-state index >= 15 is 0 Å². The van der Waals surface area contributed by atoms with Crippen molar-refractivity contribution in [2.75, 3.05) is 64.9 Å². The molecule has 3 amide bonds. The first kappa shape index (κ1) is 35.0. The van der Waals surface area contributed by atoms with Crippen LogP contribution in [-0.2, 0) is 29.7 Å². The molecule has 0 saturated carbocycles. The molecular weight excluding hydrogens is 705 g/mol. The number of rotatable bonds is 9. The number of nitrogens with one attached hydrogen (secondary N) is 1. The first-order valence-electron chi connectivity index (χ1n) is 18.9. The highest BCUT2D eigenvalue weighted by molar-refractivity contribution is 7.17. The number of aromatic nitrogens is 1. The lowest BCUT2D eigenvalue weighted by molar-refractivity contribution is -0.136. The number of piperidine rings is 2. The molecular formula is C41H46N6O6S. The summed E-state index contributed by atoms with van der Waals surface area (Å²) in [5.41, 5.74) is 6.03. The Morgan fingerprint density at radius 2 is 1.67 bits per heavy atom. The fourth-order valence-corrected chi connectivity index (χ4v) is 10.3. The lowest BCUT2D eigenvalue weighted by Crippen LogP contribution is -2.61. The molecule has 5 aliphatic rings. The number of carbonyl (C=O) groups excluding carboxylic acids is 3. The highest BCUT2D eigenvalue weighted by Crippen LogP contribution is 2.44. The molecule has 2 aromatic carbocycles. The van der Waals surface area contributed by atoms with Crippen LogP contribution in [0.5, 0.6) is 11.5 Å². The van der Waals surface area contributed by atoms with Crippen LogP contribution in [0.4, 0.5) is 5.69 Å². The van der Waals surface area contributed by atoms with E-state index < -0.39 is 6.04 Å². The van der Waals surface area contributed by atoms with Gasteiger partial charge in [-0.1, -0.05) is 6.07 Å². The molecule has 4 aromatic rings. The highest BCUT2D eigenvalue weighted by Gasteiger charge is 2.46. The smallest absolute Gasteiger partial charge is 0.259 e. The predicted octanol–water partition coefficient (Wildman–Crippen LogP) is 4.08. The summed E-state index contributed by atoms with van der Waals surface area (Å²) in [6.45, 7) is 8.59. The van der Waals surface area contributed by atoms with Crippen LogP contribution in [0, 0.1) is 11.3 Å². The quantitative estimate of drug-likeness (QED) is 0.253. The van der Waals surface area contributed by atoms with Crippen LogP contribution in [-0.4, -0.2) is 103 Å². The fraction of sp³-hybridized carbons (Fsp3) is 0.463. The molecule has 1 N–H and O–H groups in total. The van der Waals surface area contributed by atoms with E-state index in [1.165, 1.54) is 12.8 Å². The largest absolute Gasteiger partial charge is 0.496 e. The van der Waals surface area contributed by atoms with Crippen molar-refractivity contribution < 1.29 is 23.9 Å². The number of nitrogens with zero attached hydrogens (tertiary/aromatic N) is 5. The number of fused-ring (bicyclic) bond motifs is 2. The van der Waals surface area contributed by atoms with Gasteiger partial charge in [0.25, 0.3) is 11.5 Å². The number of carbonyl (C=O) groups is 3. The molecule has 282 valence electrons. The molecule has 0 aliphatic carbocycles. The Morgan fingerprint density at radius 3 is 2.37 bits per heavy atom. The van der Waals surface area contributed by atoms with E-state index in [4.69, 9.17) is 9.47 Å². The number of amides is 3. The summed E-state index contributed by atoms with van der Waals surface area (Å²) in [7, 11) is 5.20. The van der Waals surface area contributed by atoms with Crippen LogP contribution in [0.25, 0.3) is 21.2 Å². The Morgan fingerprint density at radius 1 is 0.926 bits per heavy atom. The van der Waals surface area contributed by atoms with Gasteiger partial charge < -0.3 is 28.7 Å². The van der Waals surface area contributed by atoms with Crippen molar-refractivity contribution in [3.05, 3.63) is 75.0 Å². The molecule has 12 nitrogen and oxygen atoms in total. The first-order valence-corrected chi connectivity index (χ1v) is 19.8. The highest BCUT2D eigenvalue weighted by atomic mass is 32.1. The molecule has 4 saturated heterocycles. The zero-order chi connectivity index (χ0) is 37.3. The number of hydrogen-bond donors (Lipinski definition) is 1. The molecule has 1 spiro atoms. The van der Waals surface area contributed by atoms with E-state index in [0.29, 0.717) is 29.9 Å². The van der Waals surface area contributed by atoms with Crippen LogP contribution in [0.1, 0.15) is 47.2 Å². The van der Waals surface area contributed by atoms with Gasteiger partial charge in [-0.3, -0.25) is 29.4 Å². The Labute approximate surface area is 318 Å². The SMILES string of the molecule is COc1cc(-c2cn(C)c(=O)c3ccsc23)cc(OC)c1CN1CC(CN2CCC3(CC2)CN(c2ccc4c(c2)C(=O)N(C2CCC(=O)NC2=O)C4)C3)C1. The van der Waals surface area contributed by atoms with Crippen LogP contribution in [0.3, 0.4) is 0 Å². The van der Waals surface area contributed by atoms with Crippen molar-refractivity contribution in [1.82, 2.24) is 24.6 Å². The van der Waals surface area contributed by atoms with E-state index in [2.05, 4.69) is 38.2 Å². The molecule has 4 fully saturated rings. The third-order valence-electron chi connectivity index (χ3n) is 12.5. The summed E-state index contributed by atoms with van der Waals surface area (Å²) < 4.78 is 14.5. The summed E-state index contributed by atoms with van der Waals surface area (Å²) in [6, 6.07) is 11.6. The van der Waals surface area contributed by atoms with E-state index in [0.717, 1.165) is 102 Å². The molecule has 7 heterocycles. The molecule has 54 heavy (non-hydrogen) atoms. The molecule has 5 aliphatic heterocycles. The zero-order valence-corrected chi connectivity index (χ0v) is 31.9. The maximum Gasteiger partial charge on any atom is 0.259 e. The van der Waals surface area contributed by atoms with Gasteiger partial charge in [0, 0.05) is 92.4 Å². The number of ether oxygens (including phenoxy) is 2. The Bertz CT molecular complexity index is 2200. The van der Waals surface area contributed by atoms with Crippen LogP contribution >= 0.6 is 11.3 Å². The molecule has 1 unspecified atom stereocenters. The van der Waals surface area contributed by atoms with Crippen LogP contribution in [0.2, 0.25) is 0 Å². The van der Waals surface area contributed by atoms with Gasteiger partial charge in [0.1, 0.15) is 17.5 Å². The number of benzene rings is 2. The van der Waals surface area contributed by atoms with Gasteiger partial charge in [-0.25, -0.2) is 0 Å². The van der Waals surface area contributed by atoms with Gasteiger partial charge in [0.15, 0.2) is 0 Å². The number of hydrogen-bond acceptors (Lipinski definition) is 10. The lowest BCUT2D eigenvalue weighted by Gasteiger charge is -2.55. The third kappa shape index (κ3) is 6.06. The van der Waals surface area contributed by atoms with Crippen molar-refractivity contribution in [1.29, 1.82) is 0 Å². The number of imide groups is 1. The van der Waals surface area contributed by atoms with Crippen molar-refractivity contribution in [2.45, 2.75) is 44.8 Å². The average Bonchev–Trinajstić information content (AvgIpc) is 3.76. The number of likely N-dealkylation sites (tertiary alicyclic amines) is 2. The van der Waals surface area contributed by atoms with Gasteiger partial charge in [0.05, 0.1) is 25.2 Å². The number of pyridine rings is 1. The topological polar surface area (TPSA) is 117 Å². The van der Waals surface area contributed by atoms with E-state index in [-0.39, 0.29) is 29.7 Å². The van der Waals surface area contributed by atoms with Gasteiger partial charge in [-0.15, -0.1) is 11.3 Å². The van der Waals surface area contributed by atoms with Crippen molar-refractivity contribution in [3.63, 3.8) is 0 Å². The second-order valence-corrected chi connectivity index (χ2v) is 16.9. The fourth-order valence-electron chi connectivity index (χ4n) is 9.41. The van der Waals surface area contributed by atoms with E-state index in [1.54, 1.807) is 42.1 Å². The van der Waals surface area contributed by atoms with Crippen LogP contribution in [0.15, 0.2) is 52.8 Å². The maximum absolute atomic E-state index is 13.3. The summed E-state index contributed by atoms with van der Waals surface area (Å²) >= 11 is 1.57. The molecule has 2 aromatic heterocycles. The number of aryl methyl sites for hydroxylation is 1. The van der Waals surface area contributed by atoms with Gasteiger partial charge in [-0.2, -0.15) is 0 Å². The van der Waals surface area contributed by atoms with Crippen LogP contribution < -0.4 is 25.2 Å². The molecule has 13 heteroatoms. The van der Waals surface area contributed by atoms with Gasteiger partial charge >= 0.3 is 0 Å². The minimum absolute atomic E-state index is 0.00547. The average molecular weight is 751 g/mol. The second kappa shape index (κ2) is 13.5. The second-order valence-electron chi connectivity index (χ2n) is 15.9. The van der Waals surface area contributed by atoms with Crippen molar-refractivity contribution in [2.24, 2.45) is 18.4 Å². The molecule has 1 atom stereocenters. The lowest BCUT2D eigenvalue weighted by atomic mass is 9.71.